The first-order valence-electron chi connectivity index (χ1n) is 4.98. The number of halogens is 2. The number of benzene rings is 1. The van der Waals surface area contributed by atoms with Crippen molar-refractivity contribution >= 4 is 27.6 Å². The summed E-state index contributed by atoms with van der Waals surface area (Å²) in [6.45, 7) is -0.628. The van der Waals surface area contributed by atoms with Crippen LogP contribution in [0.25, 0.3) is 0 Å². The molecule has 6 nitrogen and oxygen atoms in total. The minimum Gasteiger partial charge on any atom is -0.467 e. The van der Waals surface area contributed by atoms with Crippen molar-refractivity contribution in [2.24, 2.45) is 0 Å². The van der Waals surface area contributed by atoms with E-state index in [0.717, 1.165) is 19.2 Å². The van der Waals surface area contributed by atoms with Crippen LogP contribution in [0.2, 0.25) is 5.02 Å². The van der Waals surface area contributed by atoms with Crippen molar-refractivity contribution in [2.45, 2.75) is 11.0 Å². The first-order chi connectivity index (χ1) is 8.77. The summed E-state index contributed by atoms with van der Waals surface area (Å²) in [5, 5.41) is 9.27. The second-order valence-corrected chi connectivity index (χ2v) is 5.64. The van der Waals surface area contributed by atoms with Crippen LogP contribution in [0.4, 0.5) is 4.39 Å². The minimum atomic E-state index is -4.20. The number of methoxy groups -OCH3 is 1. The fourth-order valence-electron chi connectivity index (χ4n) is 1.18. The highest BCUT2D eigenvalue weighted by Gasteiger charge is 2.23. The van der Waals surface area contributed by atoms with E-state index in [1.165, 1.54) is 6.07 Å². The molecule has 0 saturated carbocycles. The molecule has 1 aromatic carbocycles. The average molecular weight is 312 g/mol. The van der Waals surface area contributed by atoms with Gasteiger partial charge in [0.15, 0.2) is 6.10 Å². The Bertz CT molecular complexity index is 577. The van der Waals surface area contributed by atoms with Crippen LogP contribution in [0.3, 0.4) is 0 Å². The second kappa shape index (κ2) is 6.29. The van der Waals surface area contributed by atoms with E-state index in [1.807, 2.05) is 4.72 Å². The van der Waals surface area contributed by atoms with Gasteiger partial charge in [-0.3, -0.25) is 0 Å². The van der Waals surface area contributed by atoms with Crippen molar-refractivity contribution in [3.8, 4) is 0 Å². The highest BCUT2D eigenvalue weighted by molar-refractivity contribution is 7.89. The number of aliphatic hydroxyl groups excluding tert-OH is 1. The summed E-state index contributed by atoms with van der Waals surface area (Å²) >= 11 is 5.50. The first-order valence-corrected chi connectivity index (χ1v) is 6.84. The van der Waals surface area contributed by atoms with E-state index in [1.54, 1.807) is 0 Å². The summed E-state index contributed by atoms with van der Waals surface area (Å²) < 4.78 is 43.0. The van der Waals surface area contributed by atoms with Crippen LogP contribution in [0.15, 0.2) is 23.1 Å². The van der Waals surface area contributed by atoms with Crippen LogP contribution in [-0.2, 0) is 19.6 Å². The number of carbonyl (C=O) groups is 1. The zero-order chi connectivity index (χ0) is 14.6. The third-order valence-corrected chi connectivity index (χ3v) is 3.82. The Hall–Kier alpha value is -1.22. The topological polar surface area (TPSA) is 92.7 Å². The molecule has 106 valence electrons. The summed E-state index contributed by atoms with van der Waals surface area (Å²) in [6.07, 6.45) is -1.67. The van der Waals surface area contributed by atoms with Gasteiger partial charge in [0.05, 0.1) is 7.11 Å². The van der Waals surface area contributed by atoms with Crippen molar-refractivity contribution in [3.05, 3.63) is 29.0 Å². The van der Waals surface area contributed by atoms with Gasteiger partial charge in [-0.2, -0.15) is 0 Å². The standard InChI is InChI=1S/C10H11ClFNO5S/c1-18-10(15)8(14)5-13-19(16,17)9-3-2-6(11)4-7(9)12/h2-4,8,13-14H,5H2,1H3. The Kier molecular flexibility index (Phi) is 5.24. The molecule has 1 aromatic rings. The van der Waals surface area contributed by atoms with E-state index in [2.05, 4.69) is 4.74 Å². The number of esters is 1. The maximum atomic E-state index is 13.4. The second-order valence-electron chi connectivity index (χ2n) is 3.47. The maximum absolute atomic E-state index is 13.4. The van der Waals surface area contributed by atoms with Crippen molar-refractivity contribution in [1.29, 1.82) is 0 Å². The molecule has 0 fully saturated rings. The van der Waals surface area contributed by atoms with Gasteiger partial charge in [0.1, 0.15) is 10.7 Å². The van der Waals surface area contributed by atoms with Crippen LogP contribution in [-0.4, -0.2) is 39.3 Å². The van der Waals surface area contributed by atoms with Crippen LogP contribution < -0.4 is 4.72 Å². The monoisotopic (exact) mass is 311 g/mol. The number of nitrogens with one attached hydrogen (secondary N) is 1. The summed E-state index contributed by atoms with van der Waals surface area (Å²) in [4.78, 5) is 10.2. The van der Waals surface area contributed by atoms with Gasteiger partial charge in [-0.25, -0.2) is 22.3 Å². The molecule has 1 rings (SSSR count). The number of hydrogen-bond acceptors (Lipinski definition) is 5. The number of ether oxygens (including phenoxy) is 1. The Morgan fingerprint density at radius 3 is 2.74 bits per heavy atom. The number of sulfonamides is 1. The normalized spacial score (nSPS) is 13.1. The zero-order valence-corrected chi connectivity index (χ0v) is 11.3. The number of aliphatic hydroxyl groups is 1. The minimum absolute atomic E-state index is 0.0473. The van der Waals surface area contributed by atoms with Crippen LogP contribution >= 0.6 is 11.6 Å². The third-order valence-electron chi connectivity index (χ3n) is 2.12. The van der Waals surface area contributed by atoms with E-state index in [-0.39, 0.29) is 5.02 Å². The molecule has 0 aromatic heterocycles. The Morgan fingerprint density at radius 1 is 1.58 bits per heavy atom. The van der Waals surface area contributed by atoms with E-state index < -0.39 is 39.4 Å². The van der Waals surface area contributed by atoms with Gasteiger partial charge in [-0.1, -0.05) is 11.6 Å². The molecule has 0 saturated heterocycles. The lowest BCUT2D eigenvalue weighted by Gasteiger charge is -2.11. The lowest BCUT2D eigenvalue weighted by atomic mass is 10.3. The van der Waals surface area contributed by atoms with Gasteiger partial charge in [0, 0.05) is 11.6 Å². The predicted octanol–water partition coefficient (Wildman–Crippen LogP) is 0.291. The van der Waals surface area contributed by atoms with Crippen LogP contribution in [0, 0.1) is 5.82 Å². The van der Waals surface area contributed by atoms with Crippen molar-refractivity contribution < 1.29 is 27.4 Å². The summed E-state index contributed by atoms with van der Waals surface area (Å²) in [5.74, 6) is -2.04. The molecule has 0 radical (unpaired) electrons. The molecule has 0 amide bonds. The highest BCUT2D eigenvalue weighted by Crippen LogP contribution is 2.18. The SMILES string of the molecule is COC(=O)C(O)CNS(=O)(=O)c1ccc(Cl)cc1F. The summed E-state index contributed by atoms with van der Waals surface area (Å²) in [6, 6.07) is 3.02. The molecule has 0 heterocycles. The predicted molar refractivity (Wildman–Crippen MR) is 64.6 cm³/mol. The fraction of sp³-hybridized carbons (Fsp3) is 0.300. The quantitative estimate of drug-likeness (QED) is 0.763. The molecule has 19 heavy (non-hydrogen) atoms. The molecule has 0 bridgehead atoms. The molecular formula is C10H11ClFNO5S. The van der Waals surface area contributed by atoms with Gasteiger partial charge in [0.2, 0.25) is 10.0 Å². The van der Waals surface area contributed by atoms with E-state index >= 15 is 0 Å². The van der Waals surface area contributed by atoms with E-state index in [9.17, 15) is 22.7 Å². The van der Waals surface area contributed by atoms with Crippen molar-refractivity contribution in [2.75, 3.05) is 13.7 Å². The Labute approximate surface area is 114 Å². The molecule has 2 N–H and O–H groups in total. The Balaban J connectivity index is 2.85. The third kappa shape index (κ3) is 4.13. The molecule has 0 spiro atoms. The largest absolute Gasteiger partial charge is 0.467 e. The summed E-state index contributed by atoms with van der Waals surface area (Å²) in [7, 11) is -3.16. The van der Waals surface area contributed by atoms with Crippen molar-refractivity contribution in [3.63, 3.8) is 0 Å². The number of hydrogen-bond donors (Lipinski definition) is 2. The van der Waals surface area contributed by atoms with Gasteiger partial charge in [-0.05, 0) is 18.2 Å². The molecule has 0 aliphatic rings. The van der Waals surface area contributed by atoms with Gasteiger partial charge < -0.3 is 9.84 Å². The lowest BCUT2D eigenvalue weighted by Crippen LogP contribution is -2.37. The van der Waals surface area contributed by atoms with Gasteiger partial charge >= 0.3 is 5.97 Å². The Morgan fingerprint density at radius 2 is 2.21 bits per heavy atom. The van der Waals surface area contributed by atoms with Crippen LogP contribution in [0.5, 0.6) is 0 Å². The van der Waals surface area contributed by atoms with Crippen molar-refractivity contribution in [1.82, 2.24) is 4.72 Å². The zero-order valence-electron chi connectivity index (χ0n) is 9.76. The lowest BCUT2D eigenvalue weighted by molar-refractivity contribution is -0.149. The number of rotatable bonds is 5. The first kappa shape index (κ1) is 15.8. The average Bonchev–Trinajstić information content (AvgIpc) is 2.34. The molecule has 0 aliphatic carbocycles. The summed E-state index contributed by atoms with van der Waals surface area (Å²) in [5.41, 5.74) is 0. The molecule has 0 aliphatic heterocycles. The maximum Gasteiger partial charge on any atom is 0.336 e. The fourth-order valence-corrected chi connectivity index (χ4v) is 2.43. The van der Waals surface area contributed by atoms with Crippen LogP contribution in [0.1, 0.15) is 0 Å². The molecule has 1 atom stereocenters. The van der Waals surface area contributed by atoms with Gasteiger partial charge in [0.25, 0.3) is 0 Å². The van der Waals surface area contributed by atoms with E-state index in [0.29, 0.717) is 0 Å². The number of carbonyl (C=O) groups excluding carboxylic acids is 1. The molecule has 1 unspecified atom stereocenters. The van der Waals surface area contributed by atoms with E-state index in [4.69, 9.17) is 11.6 Å². The highest BCUT2D eigenvalue weighted by atomic mass is 35.5. The van der Waals surface area contributed by atoms with Gasteiger partial charge in [-0.15, -0.1) is 0 Å². The smallest absolute Gasteiger partial charge is 0.336 e. The molecule has 9 heteroatoms. The molecular weight excluding hydrogens is 301 g/mol.